The summed E-state index contributed by atoms with van der Waals surface area (Å²) in [6, 6.07) is 2.10. The molecular formula is C9H6N2. The van der Waals surface area contributed by atoms with Crippen LogP contribution in [0, 0.1) is 11.3 Å². The summed E-state index contributed by atoms with van der Waals surface area (Å²) >= 11 is 0. The van der Waals surface area contributed by atoms with Crippen molar-refractivity contribution in [1.29, 1.82) is 5.26 Å². The van der Waals surface area contributed by atoms with Gasteiger partial charge in [0.1, 0.15) is 0 Å². The normalized spacial score (nSPS) is 19.7. The number of aliphatic imine (C=N–C) groups is 1. The fraction of sp³-hybridized carbons (Fsp3) is 0.111. The minimum Gasteiger partial charge on any atom is -0.256 e. The van der Waals surface area contributed by atoms with Gasteiger partial charge >= 0.3 is 0 Å². The van der Waals surface area contributed by atoms with E-state index >= 15 is 0 Å². The second kappa shape index (κ2) is 2.21. The molecule has 0 aromatic carbocycles. The topological polar surface area (TPSA) is 36.1 Å². The van der Waals surface area contributed by atoms with Crippen molar-refractivity contribution in [3.63, 3.8) is 0 Å². The average molecular weight is 142 g/mol. The highest BCUT2D eigenvalue weighted by Gasteiger charge is 2.13. The smallest absolute Gasteiger partial charge is 0.0966 e. The summed E-state index contributed by atoms with van der Waals surface area (Å²) < 4.78 is 0. The number of nitriles is 1. The molecule has 1 aliphatic heterocycles. The van der Waals surface area contributed by atoms with Crippen molar-refractivity contribution in [3.8, 4) is 6.07 Å². The number of nitrogens with zero attached hydrogens (tertiary/aromatic N) is 2. The molecule has 0 aromatic rings. The lowest BCUT2D eigenvalue weighted by Crippen LogP contribution is -2.00. The van der Waals surface area contributed by atoms with Gasteiger partial charge in [-0.1, -0.05) is 12.2 Å². The van der Waals surface area contributed by atoms with Crippen molar-refractivity contribution in [1.82, 2.24) is 0 Å². The maximum absolute atomic E-state index is 8.58. The van der Waals surface area contributed by atoms with Crippen LogP contribution < -0.4 is 0 Å². The van der Waals surface area contributed by atoms with E-state index in [0.717, 1.165) is 23.3 Å². The summed E-state index contributed by atoms with van der Waals surface area (Å²) in [5.41, 5.74) is 2.90. The molecule has 1 heterocycles. The lowest BCUT2D eigenvalue weighted by atomic mass is 10.0. The van der Waals surface area contributed by atoms with Crippen LogP contribution in [0.4, 0.5) is 0 Å². The third-order valence-electron chi connectivity index (χ3n) is 1.76. The molecular weight excluding hydrogens is 136 g/mol. The maximum atomic E-state index is 8.58. The van der Waals surface area contributed by atoms with E-state index in [1.54, 1.807) is 6.20 Å². The van der Waals surface area contributed by atoms with Crippen molar-refractivity contribution in [2.45, 2.75) is 6.42 Å². The van der Waals surface area contributed by atoms with Crippen LogP contribution in [0.1, 0.15) is 6.42 Å². The Morgan fingerprint density at radius 1 is 1.55 bits per heavy atom. The Labute approximate surface area is 64.9 Å². The fourth-order valence-corrected chi connectivity index (χ4v) is 1.19. The molecule has 0 bridgehead atoms. The molecule has 1 aliphatic carbocycles. The number of rotatable bonds is 0. The Morgan fingerprint density at radius 2 is 2.45 bits per heavy atom. The molecule has 0 saturated heterocycles. The highest BCUT2D eigenvalue weighted by Crippen LogP contribution is 2.21. The number of allylic oxidation sites excluding steroid dienone is 5. The third-order valence-corrected chi connectivity index (χ3v) is 1.76. The van der Waals surface area contributed by atoms with Crippen molar-refractivity contribution < 1.29 is 0 Å². The molecule has 11 heavy (non-hydrogen) atoms. The maximum Gasteiger partial charge on any atom is 0.0966 e. The second-order valence-corrected chi connectivity index (χ2v) is 2.51. The third kappa shape index (κ3) is 0.908. The van der Waals surface area contributed by atoms with E-state index in [-0.39, 0.29) is 0 Å². The van der Waals surface area contributed by atoms with E-state index in [9.17, 15) is 0 Å². The first kappa shape index (κ1) is 6.11. The minimum atomic E-state index is 0.738. The van der Waals surface area contributed by atoms with E-state index < -0.39 is 0 Å². The van der Waals surface area contributed by atoms with Gasteiger partial charge in [-0.25, -0.2) is 0 Å². The van der Waals surface area contributed by atoms with E-state index in [4.69, 9.17) is 5.26 Å². The van der Waals surface area contributed by atoms with Crippen molar-refractivity contribution in [2.75, 3.05) is 0 Å². The predicted molar refractivity (Wildman–Crippen MR) is 43.0 cm³/mol. The van der Waals surface area contributed by atoms with Crippen molar-refractivity contribution >= 4 is 5.71 Å². The minimum absolute atomic E-state index is 0.738. The molecule has 2 rings (SSSR count). The van der Waals surface area contributed by atoms with Crippen molar-refractivity contribution in [2.24, 2.45) is 4.99 Å². The van der Waals surface area contributed by atoms with Gasteiger partial charge in [0.05, 0.1) is 17.4 Å². The molecule has 0 fully saturated rings. The van der Waals surface area contributed by atoms with Gasteiger partial charge in [0, 0.05) is 12.6 Å². The monoisotopic (exact) mass is 142 g/mol. The van der Waals surface area contributed by atoms with Crippen molar-refractivity contribution in [3.05, 3.63) is 35.6 Å². The van der Waals surface area contributed by atoms with Gasteiger partial charge in [-0.15, -0.1) is 0 Å². The summed E-state index contributed by atoms with van der Waals surface area (Å²) in [6.45, 7) is 0. The van der Waals surface area contributed by atoms with Crippen LogP contribution in [-0.4, -0.2) is 5.71 Å². The molecule has 0 N–H and O–H groups in total. The fourth-order valence-electron chi connectivity index (χ4n) is 1.19. The lowest BCUT2D eigenvalue weighted by Gasteiger charge is -2.06. The Bertz CT molecular complexity index is 348. The number of hydrogen-bond acceptors (Lipinski definition) is 2. The molecule has 0 unspecified atom stereocenters. The molecule has 2 nitrogen and oxygen atoms in total. The van der Waals surface area contributed by atoms with Crippen LogP contribution in [0.2, 0.25) is 0 Å². The van der Waals surface area contributed by atoms with E-state index in [1.165, 1.54) is 0 Å². The zero-order chi connectivity index (χ0) is 7.68. The first-order valence-electron chi connectivity index (χ1n) is 3.45. The van der Waals surface area contributed by atoms with E-state index in [1.807, 2.05) is 18.2 Å². The standard InChI is InChI=1S/C9H6N2/c10-5-7-4-8-2-1-3-9(8)11-6-7/h1-3,6H,4H2. The summed E-state index contributed by atoms with van der Waals surface area (Å²) in [5, 5.41) is 8.58. The average Bonchev–Trinajstić information content (AvgIpc) is 2.50. The highest BCUT2D eigenvalue weighted by atomic mass is 14.7. The molecule has 2 aliphatic rings. The van der Waals surface area contributed by atoms with Crippen LogP contribution in [0.5, 0.6) is 0 Å². The molecule has 0 aromatic heterocycles. The largest absolute Gasteiger partial charge is 0.256 e. The van der Waals surface area contributed by atoms with Gasteiger partial charge in [-0.05, 0) is 11.6 Å². The summed E-state index contributed by atoms with van der Waals surface area (Å²) in [7, 11) is 0. The van der Waals surface area contributed by atoms with Gasteiger partial charge in [-0.3, -0.25) is 4.99 Å². The number of fused-ring (bicyclic) bond motifs is 1. The van der Waals surface area contributed by atoms with Gasteiger partial charge in [0.15, 0.2) is 0 Å². The molecule has 52 valence electrons. The SMILES string of the molecule is N#CC1=CN=C2C=CC=C2C1. The summed E-state index contributed by atoms with van der Waals surface area (Å²) in [6.07, 6.45) is 8.30. The molecule has 0 atom stereocenters. The zero-order valence-corrected chi connectivity index (χ0v) is 5.91. The summed E-state index contributed by atoms with van der Waals surface area (Å²) in [4.78, 5) is 4.12. The van der Waals surface area contributed by atoms with E-state index in [2.05, 4.69) is 11.1 Å². The Morgan fingerprint density at radius 3 is 3.27 bits per heavy atom. The lowest BCUT2D eigenvalue weighted by molar-refractivity contribution is 1.18. The van der Waals surface area contributed by atoms with Gasteiger partial charge in [-0.2, -0.15) is 5.26 Å². The predicted octanol–water partition coefficient (Wildman–Crippen LogP) is 1.73. The second-order valence-electron chi connectivity index (χ2n) is 2.51. The Kier molecular flexibility index (Phi) is 1.23. The Balaban J connectivity index is 2.39. The highest BCUT2D eigenvalue weighted by molar-refractivity contribution is 6.12. The van der Waals surface area contributed by atoms with Crippen LogP contribution in [-0.2, 0) is 0 Å². The van der Waals surface area contributed by atoms with Gasteiger partial charge < -0.3 is 0 Å². The molecule has 0 spiro atoms. The van der Waals surface area contributed by atoms with E-state index in [0.29, 0.717) is 0 Å². The van der Waals surface area contributed by atoms with Gasteiger partial charge in [0.2, 0.25) is 0 Å². The molecule has 2 heteroatoms. The quantitative estimate of drug-likeness (QED) is 0.507. The van der Waals surface area contributed by atoms with Crippen LogP contribution in [0.25, 0.3) is 0 Å². The van der Waals surface area contributed by atoms with Crippen LogP contribution >= 0.6 is 0 Å². The molecule has 0 radical (unpaired) electrons. The first-order chi connectivity index (χ1) is 5.40. The summed E-state index contributed by atoms with van der Waals surface area (Å²) in [5.74, 6) is 0. The van der Waals surface area contributed by atoms with Crippen LogP contribution in [0.15, 0.2) is 40.6 Å². The zero-order valence-electron chi connectivity index (χ0n) is 5.91. The molecule has 0 saturated carbocycles. The first-order valence-corrected chi connectivity index (χ1v) is 3.45. The molecule has 0 amide bonds. The van der Waals surface area contributed by atoms with Crippen LogP contribution in [0.3, 0.4) is 0 Å². The number of hydrogen-bond donors (Lipinski definition) is 0. The Hall–Kier alpha value is -1.62. The van der Waals surface area contributed by atoms with Gasteiger partial charge in [0.25, 0.3) is 0 Å².